The molecule has 0 spiro atoms. The number of fused-ring (bicyclic) bond motifs is 5. The van der Waals surface area contributed by atoms with E-state index in [0.29, 0.717) is 10.8 Å². The van der Waals surface area contributed by atoms with Crippen LogP contribution < -0.4 is 0 Å². The van der Waals surface area contributed by atoms with Crippen molar-refractivity contribution in [1.82, 2.24) is 0 Å². The summed E-state index contributed by atoms with van der Waals surface area (Å²) in [4.78, 5) is 0. The Kier molecular flexibility index (Phi) is 5.98. The third-order valence-corrected chi connectivity index (χ3v) is 10.8. The highest BCUT2D eigenvalue weighted by Gasteiger charge is 2.60. The van der Waals surface area contributed by atoms with E-state index in [1.165, 1.54) is 64.2 Å². The van der Waals surface area contributed by atoms with E-state index in [-0.39, 0.29) is 6.10 Å². The van der Waals surface area contributed by atoms with Crippen LogP contribution in [0, 0.1) is 52.3 Å². The summed E-state index contributed by atoms with van der Waals surface area (Å²) in [7, 11) is 0. The zero-order valence-electron chi connectivity index (χ0n) is 19.6. The van der Waals surface area contributed by atoms with E-state index < -0.39 is 0 Å². The maximum Gasteiger partial charge on any atom is 0.0543 e. The fraction of sp³-hybridized carbons (Fsp3) is 1.00. The van der Waals surface area contributed by atoms with Gasteiger partial charge >= 0.3 is 0 Å². The first-order valence-corrected chi connectivity index (χ1v) is 12.9. The molecule has 0 aromatic heterocycles. The summed E-state index contributed by atoms with van der Waals surface area (Å²) < 4.78 is 0. The lowest BCUT2D eigenvalue weighted by Crippen LogP contribution is -2.54. The van der Waals surface area contributed by atoms with E-state index in [2.05, 4.69) is 34.6 Å². The summed E-state index contributed by atoms with van der Waals surface area (Å²) in [5, 5.41) is 10.3. The van der Waals surface area contributed by atoms with Gasteiger partial charge < -0.3 is 5.11 Å². The molecule has 0 radical (unpaired) electrons. The Hall–Kier alpha value is -0.0400. The SMILES string of the molecule is CC(C)CCC[C@@H](C)C1CC[C@@H]2[C@H]3CC[C@@H]4C[C@H](O)CC[C@@]4(C)C3CC[C@@]12C. The zero-order chi connectivity index (χ0) is 20.1. The molecule has 4 aliphatic rings. The van der Waals surface area contributed by atoms with Crippen LogP contribution in [0.5, 0.6) is 0 Å². The van der Waals surface area contributed by atoms with E-state index in [0.717, 1.165) is 54.3 Å². The Morgan fingerprint density at radius 2 is 1.54 bits per heavy atom. The van der Waals surface area contributed by atoms with Crippen LogP contribution in [0.1, 0.15) is 112 Å². The van der Waals surface area contributed by atoms with Crippen molar-refractivity contribution in [3.63, 3.8) is 0 Å². The molecule has 0 saturated heterocycles. The van der Waals surface area contributed by atoms with Crippen LogP contribution in [0.25, 0.3) is 0 Å². The van der Waals surface area contributed by atoms with Crippen LogP contribution in [0.3, 0.4) is 0 Å². The molecule has 1 heteroatoms. The van der Waals surface area contributed by atoms with Crippen LogP contribution in [0.4, 0.5) is 0 Å². The highest BCUT2D eigenvalue weighted by molar-refractivity contribution is 5.09. The number of hydrogen-bond donors (Lipinski definition) is 1. The van der Waals surface area contributed by atoms with Crippen molar-refractivity contribution >= 4 is 0 Å². The Balaban J connectivity index is 1.46. The van der Waals surface area contributed by atoms with Gasteiger partial charge in [0.2, 0.25) is 0 Å². The Bertz CT molecular complexity index is 540. The highest BCUT2D eigenvalue weighted by Crippen LogP contribution is 2.68. The van der Waals surface area contributed by atoms with Gasteiger partial charge in [-0.3, -0.25) is 0 Å². The van der Waals surface area contributed by atoms with Gasteiger partial charge in [-0.15, -0.1) is 0 Å². The second-order valence-electron chi connectivity index (χ2n) is 12.6. The third kappa shape index (κ3) is 3.50. The largest absolute Gasteiger partial charge is 0.393 e. The van der Waals surface area contributed by atoms with Crippen molar-refractivity contribution in [3.8, 4) is 0 Å². The molecule has 1 N–H and O–H groups in total. The van der Waals surface area contributed by atoms with Crippen LogP contribution >= 0.6 is 0 Å². The van der Waals surface area contributed by atoms with Gasteiger partial charge in [-0.2, -0.15) is 0 Å². The molecule has 0 aromatic carbocycles. The minimum absolute atomic E-state index is 0.00830. The number of rotatable bonds is 5. The fourth-order valence-corrected chi connectivity index (χ4v) is 9.26. The lowest BCUT2D eigenvalue weighted by Gasteiger charge is -2.61. The molecule has 0 aromatic rings. The van der Waals surface area contributed by atoms with Gasteiger partial charge in [0.05, 0.1) is 6.10 Å². The second kappa shape index (κ2) is 7.90. The molecule has 0 amide bonds. The molecule has 0 aliphatic heterocycles. The average Bonchev–Trinajstić information content (AvgIpc) is 2.99. The summed E-state index contributed by atoms with van der Waals surface area (Å²) in [6.45, 7) is 12.7. The summed E-state index contributed by atoms with van der Waals surface area (Å²) in [5.74, 6) is 6.49. The topological polar surface area (TPSA) is 20.2 Å². The molecular weight excluding hydrogens is 340 g/mol. The monoisotopic (exact) mass is 388 g/mol. The molecule has 0 bridgehead atoms. The van der Waals surface area contributed by atoms with E-state index in [1.54, 1.807) is 0 Å². The number of aliphatic hydroxyl groups excluding tert-OH is 1. The standard InChI is InChI=1S/C27H48O/c1-18(2)7-6-8-19(3)23-11-12-24-22-10-9-20-17-21(28)13-15-26(20,4)25(22)14-16-27(23,24)5/h18-25,28H,6-17H2,1-5H3/t19-,20-,21-,22-,23?,24-,25?,26-,27+/m1/s1. The summed E-state index contributed by atoms with van der Waals surface area (Å²) in [6, 6.07) is 0. The van der Waals surface area contributed by atoms with Gasteiger partial charge in [0.15, 0.2) is 0 Å². The Morgan fingerprint density at radius 1 is 0.821 bits per heavy atom. The maximum absolute atomic E-state index is 10.3. The summed E-state index contributed by atoms with van der Waals surface area (Å²) >= 11 is 0. The first-order valence-electron chi connectivity index (χ1n) is 12.9. The maximum atomic E-state index is 10.3. The minimum Gasteiger partial charge on any atom is -0.393 e. The normalized spacial score (nSPS) is 49.4. The molecule has 162 valence electrons. The van der Waals surface area contributed by atoms with E-state index in [9.17, 15) is 5.11 Å². The van der Waals surface area contributed by atoms with Crippen molar-refractivity contribution in [2.45, 2.75) is 118 Å². The van der Waals surface area contributed by atoms with Crippen LogP contribution in [-0.4, -0.2) is 11.2 Å². The van der Waals surface area contributed by atoms with Crippen LogP contribution in [0.15, 0.2) is 0 Å². The molecule has 4 rings (SSSR count). The third-order valence-electron chi connectivity index (χ3n) is 10.8. The second-order valence-corrected chi connectivity index (χ2v) is 12.6. The van der Waals surface area contributed by atoms with Gasteiger partial charge in [-0.25, -0.2) is 0 Å². The molecular formula is C27H48O. The predicted octanol–water partition coefficient (Wildman–Crippen LogP) is 7.47. The van der Waals surface area contributed by atoms with Crippen molar-refractivity contribution in [2.75, 3.05) is 0 Å². The van der Waals surface area contributed by atoms with E-state index in [1.807, 2.05) is 0 Å². The molecule has 1 nitrogen and oxygen atoms in total. The van der Waals surface area contributed by atoms with Crippen LogP contribution in [-0.2, 0) is 0 Å². The lowest BCUT2D eigenvalue weighted by atomic mass is 9.44. The highest BCUT2D eigenvalue weighted by atomic mass is 16.3. The molecule has 4 fully saturated rings. The molecule has 2 unspecified atom stereocenters. The first-order chi connectivity index (χ1) is 13.3. The summed E-state index contributed by atoms with van der Waals surface area (Å²) in [5.41, 5.74) is 1.15. The molecule has 4 aliphatic carbocycles. The van der Waals surface area contributed by atoms with Crippen molar-refractivity contribution in [2.24, 2.45) is 52.3 Å². The van der Waals surface area contributed by atoms with Gasteiger partial charge in [-0.1, -0.05) is 53.9 Å². The lowest BCUT2D eigenvalue weighted by molar-refractivity contribution is -0.129. The first kappa shape index (κ1) is 21.2. The molecule has 4 saturated carbocycles. The van der Waals surface area contributed by atoms with Gasteiger partial charge in [0, 0.05) is 0 Å². The van der Waals surface area contributed by atoms with Crippen molar-refractivity contribution in [3.05, 3.63) is 0 Å². The van der Waals surface area contributed by atoms with E-state index in [4.69, 9.17) is 0 Å². The predicted molar refractivity (Wildman–Crippen MR) is 119 cm³/mol. The zero-order valence-corrected chi connectivity index (χ0v) is 19.6. The summed E-state index contributed by atoms with van der Waals surface area (Å²) in [6.07, 6.45) is 16.6. The van der Waals surface area contributed by atoms with E-state index >= 15 is 0 Å². The minimum atomic E-state index is -0.00830. The fourth-order valence-electron chi connectivity index (χ4n) is 9.26. The Labute approximate surface area is 175 Å². The quantitative estimate of drug-likeness (QED) is 0.518. The molecule has 28 heavy (non-hydrogen) atoms. The van der Waals surface area contributed by atoms with Gasteiger partial charge in [0.25, 0.3) is 0 Å². The van der Waals surface area contributed by atoms with Crippen LogP contribution in [0.2, 0.25) is 0 Å². The number of aliphatic hydroxyl groups is 1. The number of hydrogen-bond acceptors (Lipinski definition) is 1. The van der Waals surface area contributed by atoms with Gasteiger partial charge in [-0.05, 0) is 110 Å². The van der Waals surface area contributed by atoms with Crippen molar-refractivity contribution < 1.29 is 5.11 Å². The van der Waals surface area contributed by atoms with Crippen molar-refractivity contribution in [1.29, 1.82) is 0 Å². The molecule has 9 atom stereocenters. The molecule has 0 heterocycles. The van der Waals surface area contributed by atoms with Gasteiger partial charge in [0.1, 0.15) is 0 Å². The smallest absolute Gasteiger partial charge is 0.0543 e. The Morgan fingerprint density at radius 3 is 2.29 bits per heavy atom. The average molecular weight is 389 g/mol.